The molecule has 0 bridgehead atoms. The van der Waals surface area contributed by atoms with Crippen molar-refractivity contribution in [3.05, 3.63) is 24.0 Å². The van der Waals surface area contributed by atoms with E-state index >= 15 is 0 Å². The van der Waals surface area contributed by atoms with Crippen LogP contribution in [0.5, 0.6) is 0 Å². The van der Waals surface area contributed by atoms with E-state index in [1.165, 1.54) is 6.07 Å². The molecule has 1 spiro atoms. The lowest BCUT2D eigenvalue weighted by Crippen LogP contribution is -2.71. The zero-order valence-corrected chi connectivity index (χ0v) is 11.4. The van der Waals surface area contributed by atoms with Crippen molar-refractivity contribution in [1.82, 2.24) is 4.90 Å². The van der Waals surface area contributed by atoms with Crippen LogP contribution in [0.4, 0.5) is 15.8 Å². The molecule has 1 aromatic rings. The highest BCUT2D eigenvalue weighted by atomic mass is 19.1. The molecular weight excluding hydrogens is 245 g/mol. The maximum absolute atomic E-state index is 13.0. The number of benzene rings is 1. The van der Waals surface area contributed by atoms with Gasteiger partial charge in [-0.3, -0.25) is 4.79 Å². The van der Waals surface area contributed by atoms with Gasteiger partial charge in [0.2, 0.25) is 6.41 Å². The summed E-state index contributed by atoms with van der Waals surface area (Å²) in [5.41, 5.74) is 6.95. The summed E-state index contributed by atoms with van der Waals surface area (Å²) in [7, 11) is 0. The number of hydrogen-bond donors (Lipinski definition) is 1. The minimum absolute atomic E-state index is 0.187. The second kappa shape index (κ2) is 5.07. The van der Waals surface area contributed by atoms with Crippen molar-refractivity contribution in [2.24, 2.45) is 5.41 Å². The average Bonchev–Trinajstić information content (AvgIpc) is 2.33. The number of likely N-dealkylation sites (tertiary alicyclic amines) is 1. The number of nitrogens with zero attached hydrogens (tertiary/aromatic N) is 2. The molecule has 4 nitrogen and oxygen atoms in total. The van der Waals surface area contributed by atoms with E-state index in [0.717, 1.165) is 38.3 Å². The van der Waals surface area contributed by atoms with Gasteiger partial charge in [0.25, 0.3) is 0 Å². The third kappa shape index (κ3) is 2.37. The zero-order chi connectivity index (χ0) is 14.0. The zero-order valence-electron chi connectivity index (χ0n) is 11.4. The number of carbonyl (C=O) groups is 1. The van der Waals surface area contributed by atoms with E-state index in [9.17, 15) is 9.18 Å². The van der Waals surface area contributed by atoms with Gasteiger partial charge in [-0.2, -0.15) is 0 Å². The normalized spacial score (nSPS) is 19.1. The van der Waals surface area contributed by atoms with E-state index < -0.39 is 0 Å². The van der Waals surface area contributed by atoms with Gasteiger partial charge in [0.1, 0.15) is 5.82 Å². The lowest BCUT2D eigenvalue weighted by molar-refractivity contribution is -0.130. The van der Waals surface area contributed by atoms with Crippen LogP contribution < -0.4 is 10.6 Å². The smallest absolute Gasteiger partial charge is 0.209 e. The summed E-state index contributed by atoms with van der Waals surface area (Å²) < 4.78 is 13.0. The molecule has 2 saturated heterocycles. The second-order valence-electron chi connectivity index (χ2n) is 5.07. The topological polar surface area (TPSA) is 49.6 Å². The average molecular weight is 265 g/mol. The van der Waals surface area contributed by atoms with Gasteiger partial charge in [0, 0.05) is 37.3 Å². The molecule has 0 radical (unpaired) electrons. The van der Waals surface area contributed by atoms with Gasteiger partial charge < -0.3 is 15.5 Å². The molecule has 0 aliphatic carbocycles. The van der Waals surface area contributed by atoms with Gasteiger partial charge in [-0.15, -0.1) is 0 Å². The molecule has 19 heavy (non-hydrogen) atoms. The predicted molar refractivity (Wildman–Crippen MR) is 74.4 cm³/mol. The molecule has 1 aromatic carbocycles. The second-order valence-corrected chi connectivity index (χ2v) is 5.07. The summed E-state index contributed by atoms with van der Waals surface area (Å²) in [6.07, 6.45) is 0.893. The first-order valence-electron chi connectivity index (χ1n) is 6.61. The van der Waals surface area contributed by atoms with Crippen molar-refractivity contribution < 1.29 is 9.18 Å². The molecule has 0 atom stereocenters. The lowest BCUT2D eigenvalue weighted by atomic mass is 9.73. The summed E-state index contributed by atoms with van der Waals surface area (Å²) in [6.45, 7) is 7.51. The molecule has 2 heterocycles. The molecular formula is C14H20FN3O. The van der Waals surface area contributed by atoms with E-state index in [1.807, 2.05) is 13.8 Å². The molecule has 0 unspecified atom stereocenters. The van der Waals surface area contributed by atoms with Crippen LogP contribution in [0, 0.1) is 11.2 Å². The summed E-state index contributed by atoms with van der Waals surface area (Å²) in [5.74, 6) is -0.375. The minimum Gasteiger partial charge on any atom is -0.396 e. The molecule has 2 fully saturated rings. The molecule has 5 heteroatoms. The minimum atomic E-state index is -0.375. The van der Waals surface area contributed by atoms with E-state index in [-0.39, 0.29) is 16.9 Å². The highest BCUT2D eigenvalue weighted by Crippen LogP contribution is 2.41. The summed E-state index contributed by atoms with van der Waals surface area (Å²) >= 11 is 0. The summed E-state index contributed by atoms with van der Waals surface area (Å²) in [5, 5.41) is 0. The van der Waals surface area contributed by atoms with E-state index in [1.54, 1.807) is 17.0 Å². The van der Waals surface area contributed by atoms with Crippen LogP contribution in [0.3, 0.4) is 0 Å². The Kier molecular flexibility index (Phi) is 3.64. The number of rotatable bonds is 2. The van der Waals surface area contributed by atoms with Crippen LogP contribution >= 0.6 is 0 Å². The standard InChI is InChI=1S/C12H14FN3O.C2H6/c13-10-2-1-9(3-11(10)14)16-6-12(7-16)4-15(5-12)8-17;1-2/h1-3,8H,4-7,14H2;1-2H3. The number of anilines is 2. The highest BCUT2D eigenvalue weighted by molar-refractivity contribution is 5.60. The summed E-state index contributed by atoms with van der Waals surface area (Å²) in [6, 6.07) is 4.81. The van der Waals surface area contributed by atoms with Gasteiger partial charge >= 0.3 is 0 Å². The molecule has 104 valence electrons. The van der Waals surface area contributed by atoms with Crippen molar-refractivity contribution in [2.45, 2.75) is 13.8 Å². The van der Waals surface area contributed by atoms with Crippen molar-refractivity contribution >= 4 is 17.8 Å². The molecule has 2 N–H and O–H groups in total. The maximum Gasteiger partial charge on any atom is 0.209 e. The Morgan fingerprint density at radius 3 is 2.42 bits per heavy atom. The van der Waals surface area contributed by atoms with Crippen molar-refractivity contribution in [1.29, 1.82) is 0 Å². The van der Waals surface area contributed by atoms with Gasteiger partial charge in [-0.25, -0.2) is 4.39 Å². The Hall–Kier alpha value is -1.78. The van der Waals surface area contributed by atoms with Gasteiger partial charge in [0.15, 0.2) is 0 Å². The van der Waals surface area contributed by atoms with Crippen LogP contribution in [-0.2, 0) is 4.79 Å². The monoisotopic (exact) mass is 265 g/mol. The van der Waals surface area contributed by atoms with Gasteiger partial charge in [0.05, 0.1) is 5.69 Å². The first-order chi connectivity index (χ1) is 9.12. The van der Waals surface area contributed by atoms with Crippen molar-refractivity contribution in [3.63, 3.8) is 0 Å². The number of nitrogen functional groups attached to an aromatic ring is 1. The molecule has 1 amide bonds. The molecule has 0 saturated carbocycles. The number of amides is 1. The third-order valence-electron chi connectivity index (χ3n) is 3.62. The Labute approximate surface area is 113 Å². The first-order valence-corrected chi connectivity index (χ1v) is 6.61. The predicted octanol–water partition coefficient (Wildman–Crippen LogP) is 1.71. The van der Waals surface area contributed by atoms with Gasteiger partial charge in [-0.1, -0.05) is 13.8 Å². The van der Waals surface area contributed by atoms with E-state index in [2.05, 4.69) is 4.90 Å². The number of hydrogen-bond acceptors (Lipinski definition) is 3. The highest BCUT2D eigenvalue weighted by Gasteiger charge is 2.51. The fourth-order valence-electron chi connectivity index (χ4n) is 2.76. The first kappa shape index (κ1) is 13.6. The molecule has 0 aromatic heterocycles. The van der Waals surface area contributed by atoms with Crippen LogP contribution in [0.15, 0.2) is 18.2 Å². The van der Waals surface area contributed by atoms with Crippen molar-refractivity contribution in [2.75, 3.05) is 36.8 Å². The Balaban J connectivity index is 0.000000637. The summed E-state index contributed by atoms with van der Waals surface area (Å²) in [4.78, 5) is 14.4. The number of halogens is 1. The Morgan fingerprint density at radius 2 is 1.89 bits per heavy atom. The Morgan fingerprint density at radius 1 is 1.26 bits per heavy atom. The molecule has 3 rings (SSSR count). The van der Waals surface area contributed by atoms with Crippen LogP contribution in [-0.4, -0.2) is 37.5 Å². The fourth-order valence-corrected chi connectivity index (χ4v) is 2.76. The SMILES string of the molecule is CC.Nc1cc(N2CC3(CN(C=O)C3)C2)ccc1F. The van der Waals surface area contributed by atoms with Crippen LogP contribution in [0.2, 0.25) is 0 Å². The fraction of sp³-hybridized carbons (Fsp3) is 0.500. The third-order valence-corrected chi connectivity index (χ3v) is 3.62. The van der Waals surface area contributed by atoms with E-state index in [0.29, 0.717) is 0 Å². The van der Waals surface area contributed by atoms with Gasteiger partial charge in [-0.05, 0) is 18.2 Å². The maximum atomic E-state index is 13.0. The van der Waals surface area contributed by atoms with Crippen LogP contribution in [0.1, 0.15) is 13.8 Å². The number of carbonyl (C=O) groups excluding carboxylic acids is 1. The number of nitrogens with two attached hydrogens (primary N) is 1. The quantitative estimate of drug-likeness (QED) is 0.654. The van der Waals surface area contributed by atoms with Crippen molar-refractivity contribution in [3.8, 4) is 0 Å². The molecule has 2 aliphatic heterocycles. The largest absolute Gasteiger partial charge is 0.396 e. The van der Waals surface area contributed by atoms with E-state index in [4.69, 9.17) is 5.73 Å². The van der Waals surface area contributed by atoms with Crippen LogP contribution in [0.25, 0.3) is 0 Å². The Bertz CT molecular complexity index is 464. The molecule has 2 aliphatic rings. The lowest BCUT2D eigenvalue weighted by Gasteiger charge is -2.60.